The molecule has 0 aliphatic heterocycles. The van der Waals surface area contributed by atoms with Crippen LogP contribution in [-0.4, -0.2) is 34.2 Å². The van der Waals surface area contributed by atoms with E-state index in [1.165, 1.54) is 0 Å². The zero-order valence-corrected chi connectivity index (χ0v) is 16.1. The molecule has 0 aliphatic carbocycles. The highest BCUT2D eigenvalue weighted by molar-refractivity contribution is 6.32. The molecule has 0 heterocycles. The van der Waals surface area contributed by atoms with Crippen LogP contribution in [0.15, 0.2) is 35.4 Å². The van der Waals surface area contributed by atoms with Gasteiger partial charge in [0.25, 0.3) is 0 Å². The number of rotatable bonds is 9. The number of benzene rings is 2. The van der Waals surface area contributed by atoms with E-state index in [2.05, 4.69) is 10.5 Å². The molecule has 7 heteroatoms. The largest absolute Gasteiger partial charge is 0.493 e. The van der Waals surface area contributed by atoms with Gasteiger partial charge in [-0.1, -0.05) is 17.7 Å². The number of hydrazone groups is 1. The molecule has 1 N–H and O–H groups in total. The van der Waals surface area contributed by atoms with Crippen molar-refractivity contribution in [3.63, 3.8) is 0 Å². The molecule has 0 saturated carbocycles. The van der Waals surface area contributed by atoms with Crippen LogP contribution in [0.25, 0.3) is 0 Å². The standard InChI is InChI=1S/C19H23ClN2O4/c1-5-26-18-10-14(8-15(20)19(18)25-4)12-22-21-11-13-6-7-16(23-2)17(9-13)24-3/h6-10,12,21H,5,11H2,1-4H3/b22-12-. The number of hydrogen-bond acceptors (Lipinski definition) is 6. The van der Waals surface area contributed by atoms with Gasteiger partial charge in [0.05, 0.1) is 45.7 Å². The van der Waals surface area contributed by atoms with Crippen molar-refractivity contribution in [1.29, 1.82) is 0 Å². The molecule has 2 aromatic rings. The molecule has 0 amide bonds. The van der Waals surface area contributed by atoms with Crippen LogP contribution in [-0.2, 0) is 6.54 Å². The third-order valence-corrected chi connectivity index (χ3v) is 3.85. The lowest BCUT2D eigenvalue weighted by molar-refractivity contribution is 0.311. The average Bonchev–Trinajstić information content (AvgIpc) is 2.65. The van der Waals surface area contributed by atoms with Gasteiger partial charge in [0.1, 0.15) is 0 Å². The van der Waals surface area contributed by atoms with Crippen LogP contribution in [0.1, 0.15) is 18.1 Å². The van der Waals surface area contributed by atoms with Gasteiger partial charge in [0, 0.05) is 0 Å². The van der Waals surface area contributed by atoms with Crippen molar-refractivity contribution in [2.75, 3.05) is 27.9 Å². The molecule has 0 radical (unpaired) electrons. The van der Waals surface area contributed by atoms with Gasteiger partial charge in [0.2, 0.25) is 0 Å². The van der Waals surface area contributed by atoms with E-state index in [1.807, 2.05) is 31.2 Å². The number of hydrogen-bond donors (Lipinski definition) is 1. The maximum absolute atomic E-state index is 6.23. The monoisotopic (exact) mass is 378 g/mol. The molecule has 0 bridgehead atoms. The second kappa shape index (κ2) is 9.77. The molecular formula is C19H23ClN2O4. The minimum Gasteiger partial charge on any atom is -0.493 e. The number of methoxy groups -OCH3 is 3. The van der Waals surface area contributed by atoms with E-state index >= 15 is 0 Å². The molecule has 2 aromatic carbocycles. The fraction of sp³-hybridized carbons (Fsp3) is 0.316. The number of nitrogens with one attached hydrogen (secondary N) is 1. The Balaban J connectivity index is 2.04. The third-order valence-electron chi connectivity index (χ3n) is 3.57. The van der Waals surface area contributed by atoms with Crippen LogP contribution in [0.2, 0.25) is 5.02 Å². The molecule has 0 spiro atoms. The summed E-state index contributed by atoms with van der Waals surface area (Å²) in [6.45, 7) is 2.96. The second-order valence-electron chi connectivity index (χ2n) is 5.25. The van der Waals surface area contributed by atoms with E-state index < -0.39 is 0 Å². The summed E-state index contributed by atoms with van der Waals surface area (Å²) in [6, 6.07) is 9.30. The SMILES string of the molecule is CCOc1cc(/C=N\NCc2ccc(OC)c(OC)c2)cc(Cl)c1OC. The van der Waals surface area contributed by atoms with Crippen LogP contribution < -0.4 is 24.4 Å². The molecule has 6 nitrogen and oxygen atoms in total. The maximum atomic E-state index is 6.23. The van der Waals surface area contributed by atoms with Gasteiger partial charge in [0.15, 0.2) is 23.0 Å². The summed E-state index contributed by atoms with van der Waals surface area (Å²) in [5.74, 6) is 2.47. The van der Waals surface area contributed by atoms with Gasteiger partial charge < -0.3 is 24.4 Å². The van der Waals surface area contributed by atoms with E-state index in [9.17, 15) is 0 Å². The van der Waals surface area contributed by atoms with Crippen LogP contribution >= 0.6 is 11.6 Å². The number of halogens is 1. The third kappa shape index (κ3) is 4.95. The van der Waals surface area contributed by atoms with Gasteiger partial charge >= 0.3 is 0 Å². The van der Waals surface area contributed by atoms with Crippen molar-refractivity contribution in [1.82, 2.24) is 5.43 Å². The zero-order valence-electron chi connectivity index (χ0n) is 15.3. The Labute approximate surface area is 158 Å². The average molecular weight is 379 g/mol. The van der Waals surface area contributed by atoms with Crippen molar-refractivity contribution in [2.45, 2.75) is 13.5 Å². The molecule has 140 valence electrons. The first-order valence-corrected chi connectivity index (χ1v) is 8.47. The van der Waals surface area contributed by atoms with E-state index in [0.29, 0.717) is 41.2 Å². The highest BCUT2D eigenvalue weighted by atomic mass is 35.5. The zero-order chi connectivity index (χ0) is 18.9. The van der Waals surface area contributed by atoms with E-state index in [1.54, 1.807) is 33.6 Å². The minimum atomic E-state index is 0.472. The Morgan fingerprint density at radius 2 is 1.77 bits per heavy atom. The summed E-state index contributed by atoms with van der Waals surface area (Å²) in [7, 11) is 4.77. The number of ether oxygens (including phenoxy) is 4. The summed E-state index contributed by atoms with van der Waals surface area (Å²) in [6.07, 6.45) is 1.68. The van der Waals surface area contributed by atoms with Gasteiger partial charge in [-0.3, -0.25) is 0 Å². The van der Waals surface area contributed by atoms with E-state index in [-0.39, 0.29) is 0 Å². The maximum Gasteiger partial charge on any atom is 0.179 e. The topological polar surface area (TPSA) is 61.3 Å². The van der Waals surface area contributed by atoms with Crippen molar-refractivity contribution >= 4 is 17.8 Å². The van der Waals surface area contributed by atoms with E-state index in [4.69, 9.17) is 30.5 Å². The molecule has 0 aliphatic rings. The fourth-order valence-electron chi connectivity index (χ4n) is 2.37. The normalized spacial score (nSPS) is 10.7. The summed E-state index contributed by atoms with van der Waals surface area (Å²) in [5, 5.41) is 4.70. The summed E-state index contributed by atoms with van der Waals surface area (Å²) in [4.78, 5) is 0. The van der Waals surface area contributed by atoms with Gasteiger partial charge in [-0.05, 0) is 42.3 Å². The minimum absolute atomic E-state index is 0.472. The molecule has 0 aromatic heterocycles. The first-order valence-electron chi connectivity index (χ1n) is 8.10. The molecule has 26 heavy (non-hydrogen) atoms. The Morgan fingerprint density at radius 3 is 2.42 bits per heavy atom. The van der Waals surface area contributed by atoms with Crippen LogP contribution in [0, 0.1) is 0 Å². The Bertz CT molecular complexity index is 765. The Kier molecular flexibility index (Phi) is 7.41. The lowest BCUT2D eigenvalue weighted by atomic mass is 10.2. The summed E-state index contributed by atoms with van der Waals surface area (Å²) in [5.41, 5.74) is 4.82. The predicted octanol–water partition coefficient (Wildman–Crippen LogP) is 3.89. The van der Waals surface area contributed by atoms with Crippen molar-refractivity contribution in [3.05, 3.63) is 46.5 Å². The highest BCUT2D eigenvalue weighted by Gasteiger charge is 2.10. The van der Waals surface area contributed by atoms with Gasteiger partial charge in [-0.15, -0.1) is 0 Å². The number of nitrogens with zero attached hydrogens (tertiary/aromatic N) is 1. The van der Waals surface area contributed by atoms with Gasteiger partial charge in [-0.2, -0.15) is 5.10 Å². The first-order chi connectivity index (χ1) is 12.6. The molecule has 0 saturated heterocycles. The summed E-state index contributed by atoms with van der Waals surface area (Å²) >= 11 is 6.23. The predicted molar refractivity (Wildman–Crippen MR) is 103 cm³/mol. The Morgan fingerprint density at radius 1 is 1.00 bits per heavy atom. The lowest BCUT2D eigenvalue weighted by Crippen LogP contribution is -2.06. The fourth-order valence-corrected chi connectivity index (χ4v) is 2.67. The second-order valence-corrected chi connectivity index (χ2v) is 5.66. The van der Waals surface area contributed by atoms with E-state index in [0.717, 1.165) is 11.1 Å². The summed E-state index contributed by atoms with van der Waals surface area (Å²) < 4.78 is 21.3. The van der Waals surface area contributed by atoms with Crippen molar-refractivity contribution in [2.24, 2.45) is 5.10 Å². The molecule has 0 unspecified atom stereocenters. The molecule has 0 atom stereocenters. The Hall–Kier alpha value is -2.60. The van der Waals surface area contributed by atoms with Crippen LogP contribution in [0.4, 0.5) is 0 Å². The van der Waals surface area contributed by atoms with Gasteiger partial charge in [-0.25, -0.2) is 0 Å². The molecule has 2 rings (SSSR count). The van der Waals surface area contributed by atoms with Crippen LogP contribution in [0.3, 0.4) is 0 Å². The van der Waals surface area contributed by atoms with Crippen LogP contribution in [0.5, 0.6) is 23.0 Å². The molecular weight excluding hydrogens is 356 g/mol. The van der Waals surface area contributed by atoms with Crippen molar-refractivity contribution in [3.8, 4) is 23.0 Å². The van der Waals surface area contributed by atoms with Crippen molar-refractivity contribution < 1.29 is 18.9 Å². The quantitative estimate of drug-likeness (QED) is 0.530. The highest BCUT2D eigenvalue weighted by Crippen LogP contribution is 2.35. The molecule has 0 fully saturated rings. The lowest BCUT2D eigenvalue weighted by Gasteiger charge is -2.11. The smallest absolute Gasteiger partial charge is 0.179 e. The first kappa shape index (κ1) is 19.7.